The van der Waals surface area contributed by atoms with Gasteiger partial charge in [0.15, 0.2) is 0 Å². The van der Waals surface area contributed by atoms with E-state index in [0.717, 1.165) is 56.6 Å². The van der Waals surface area contributed by atoms with Crippen LogP contribution in [-0.2, 0) is 0 Å². The molecule has 0 spiro atoms. The number of hydrogen-bond donors (Lipinski definition) is 2. The van der Waals surface area contributed by atoms with Gasteiger partial charge in [-0.15, -0.1) is 0 Å². The largest absolute Gasteiger partial charge is 0.399 e. The van der Waals surface area contributed by atoms with E-state index in [9.17, 15) is 0 Å². The molecule has 7 aromatic rings. The minimum absolute atomic E-state index is 0.749. The van der Waals surface area contributed by atoms with E-state index in [0.29, 0.717) is 0 Å². The lowest BCUT2D eigenvalue weighted by Gasteiger charge is -2.25. The Hall–Kier alpha value is -6.26. The molecule has 4 heteroatoms. The van der Waals surface area contributed by atoms with Gasteiger partial charge in [0.05, 0.1) is 0 Å². The average molecular weight is 595 g/mol. The zero-order valence-electron chi connectivity index (χ0n) is 25.4. The molecule has 46 heavy (non-hydrogen) atoms. The number of benzene rings is 7. The van der Waals surface area contributed by atoms with Crippen molar-refractivity contribution in [2.24, 2.45) is 0 Å². The van der Waals surface area contributed by atoms with Crippen LogP contribution in [0.1, 0.15) is 0 Å². The Bertz CT molecular complexity index is 1850. The zero-order valence-corrected chi connectivity index (χ0v) is 25.4. The SMILES string of the molecule is Nc1ccc(N(c2ccccc2)c2ccc(-c3ccc(-c4ccc(N(c5ccccc5)c5ccc(N)cc5)cc4)cc3)cc2)cc1. The summed E-state index contributed by atoms with van der Waals surface area (Å²) in [4.78, 5) is 4.48. The van der Waals surface area contributed by atoms with Crippen molar-refractivity contribution in [2.75, 3.05) is 21.3 Å². The molecule has 0 unspecified atom stereocenters. The van der Waals surface area contributed by atoms with E-state index in [2.05, 4.69) is 155 Å². The van der Waals surface area contributed by atoms with E-state index < -0.39 is 0 Å². The number of hydrogen-bond acceptors (Lipinski definition) is 4. The lowest BCUT2D eigenvalue weighted by Crippen LogP contribution is -2.09. The molecule has 0 aromatic heterocycles. The zero-order chi connectivity index (χ0) is 31.3. The minimum Gasteiger partial charge on any atom is -0.399 e. The van der Waals surface area contributed by atoms with Gasteiger partial charge in [-0.3, -0.25) is 0 Å². The van der Waals surface area contributed by atoms with Gasteiger partial charge >= 0.3 is 0 Å². The molecule has 222 valence electrons. The summed E-state index contributed by atoms with van der Waals surface area (Å²) in [6.45, 7) is 0. The molecular formula is C42H34N4. The highest BCUT2D eigenvalue weighted by atomic mass is 15.1. The molecule has 4 nitrogen and oxygen atoms in total. The Morgan fingerprint density at radius 2 is 0.457 bits per heavy atom. The molecular weight excluding hydrogens is 560 g/mol. The average Bonchev–Trinajstić information content (AvgIpc) is 3.12. The van der Waals surface area contributed by atoms with Crippen molar-refractivity contribution in [3.8, 4) is 22.3 Å². The van der Waals surface area contributed by atoms with Crippen LogP contribution in [-0.4, -0.2) is 0 Å². The van der Waals surface area contributed by atoms with Crippen molar-refractivity contribution in [1.29, 1.82) is 0 Å². The topological polar surface area (TPSA) is 58.5 Å². The minimum atomic E-state index is 0.749. The molecule has 7 aromatic carbocycles. The van der Waals surface area contributed by atoms with Gasteiger partial charge in [-0.1, -0.05) is 84.9 Å². The van der Waals surface area contributed by atoms with Gasteiger partial charge in [0, 0.05) is 45.5 Å². The van der Waals surface area contributed by atoms with Gasteiger partial charge < -0.3 is 21.3 Å². The third kappa shape index (κ3) is 6.05. The van der Waals surface area contributed by atoms with Crippen molar-refractivity contribution < 1.29 is 0 Å². The summed E-state index contributed by atoms with van der Waals surface area (Å²) in [5.41, 5.74) is 24.6. The molecule has 0 radical (unpaired) electrons. The number of para-hydroxylation sites is 2. The Balaban J connectivity index is 1.12. The normalized spacial score (nSPS) is 10.8. The second kappa shape index (κ2) is 12.8. The van der Waals surface area contributed by atoms with Gasteiger partial charge in [0.25, 0.3) is 0 Å². The summed E-state index contributed by atoms with van der Waals surface area (Å²) in [7, 11) is 0. The third-order valence-corrected chi connectivity index (χ3v) is 8.13. The molecule has 4 N–H and O–H groups in total. The van der Waals surface area contributed by atoms with Crippen molar-refractivity contribution in [3.05, 3.63) is 182 Å². The van der Waals surface area contributed by atoms with E-state index >= 15 is 0 Å². The molecule has 7 rings (SSSR count). The van der Waals surface area contributed by atoms with Gasteiger partial charge in [0.1, 0.15) is 0 Å². The first-order valence-electron chi connectivity index (χ1n) is 15.3. The van der Waals surface area contributed by atoms with Crippen molar-refractivity contribution >= 4 is 45.5 Å². The van der Waals surface area contributed by atoms with Crippen molar-refractivity contribution in [1.82, 2.24) is 0 Å². The summed E-state index contributed by atoms with van der Waals surface area (Å²) in [5.74, 6) is 0. The Kier molecular flexibility index (Phi) is 7.91. The van der Waals surface area contributed by atoms with Crippen LogP contribution in [0.3, 0.4) is 0 Å². The third-order valence-electron chi connectivity index (χ3n) is 8.13. The molecule has 0 fully saturated rings. The molecule has 0 heterocycles. The lowest BCUT2D eigenvalue weighted by atomic mass is 9.99. The first-order valence-corrected chi connectivity index (χ1v) is 15.3. The van der Waals surface area contributed by atoms with Crippen LogP contribution in [0.25, 0.3) is 22.3 Å². The maximum atomic E-state index is 5.98. The summed E-state index contributed by atoms with van der Waals surface area (Å²) in [6, 6.07) is 62.9. The maximum Gasteiger partial charge on any atom is 0.0463 e. The number of anilines is 8. The summed E-state index contributed by atoms with van der Waals surface area (Å²) in [5, 5.41) is 0. The fourth-order valence-electron chi connectivity index (χ4n) is 5.76. The molecule has 0 atom stereocenters. The summed E-state index contributed by atoms with van der Waals surface area (Å²) >= 11 is 0. The maximum absolute atomic E-state index is 5.98. The second-order valence-electron chi connectivity index (χ2n) is 11.2. The van der Waals surface area contributed by atoms with Crippen molar-refractivity contribution in [2.45, 2.75) is 0 Å². The van der Waals surface area contributed by atoms with Crippen LogP contribution in [0, 0.1) is 0 Å². The Labute approximate surface area is 270 Å². The predicted molar refractivity (Wildman–Crippen MR) is 196 cm³/mol. The molecule has 0 saturated heterocycles. The van der Waals surface area contributed by atoms with E-state index in [4.69, 9.17) is 11.5 Å². The molecule has 0 saturated carbocycles. The number of nitrogens with two attached hydrogens (primary N) is 2. The van der Waals surface area contributed by atoms with Crippen LogP contribution in [0.5, 0.6) is 0 Å². The van der Waals surface area contributed by atoms with E-state index in [-0.39, 0.29) is 0 Å². The number of nitrogens with zero attached hydrogens (tertiary/aromatic N) is 2. The van der Waals surface area contributed by atoms with Crippen LogP contribution in [0.15, 0.2) is 182 Å². The fourth-order valence-corrected chi connectivity index (χ4v) is 5.76. The molecule has 0 bridgehead atoms. The van der Waals surface area contributed by atoms with Crippen LogP contribution < -0.4 is 21.3 Å². The first kappa shape index (κ1) is 28.5. The van der Waals surface area contributed by atoms with Gasteiger partial charge in [0.2, 0.25) is 0 Å². The summed E-state index contributed by atoms with van der Waals surface area (Å²) < 4.78 is 0. The molecule has 0 amide bonds. The molecule has 0 aliphatic heterocycles. The number of nitrogen functional groups attached to an aromatic ring is 2. The quantitative estimate of drug-likeness (QED) is 0.172. The highest BCUT2D eigenvalue weighted by Crippen LogP contribution is 2.38. The van der Waals surface area contributed by atoms with Crippen LogP contribution in [0.4, 0.5) is 45.5 Å². The fraction of sp³-hybridized carbons (Fsp3) is 0. The van der Waals surface area contributed by atoms with Gasteiger partial charge in [-0.25, -0.2) is 0 Å². The highest BCUT2D eigenvalue weighted by Gasteiger charge is 2.14. The van der Waals surface area contributed by atoms with Crippen molar-refractivity contribution in [3.63, 3.8) is 0 Å². The smallest absolute Gasteiger partial charge is 0.0463 e. The van der Waals surface area contributed by atoms with E-state index in [1.54, 1.807) is 0 Å². The molecule has 0 aliphatic rings. The van der Waals surface area contributed by atoms with Gasteiger partial charge in [-0.2, -0.15) is 0 Å². The first-order chi connectivity index (χ1) is 22.6. The standard InChI is InChI=1S/C42H34N4/c43-35-19-27-41(28-20-35)45(37-7-3-1-4-8-37)39-23-15-33(16-24-39)31-11-13-32(14-12-31)34-17-25-40(26-18-34)46(38-9-5-2-6-10-38)42-29-21-36(44)22-30-42/h1-30H,43-44H2. The second-order valence-corrected chi connectivity index (χ2v) is 11.2. The van der Waals surface area contributed by atoms with E-state index in [1.807, 2.05) is 36.4 Å². The predicted octanol–water partition coefficient (Wildman–Crippen LogP) is 11.1. The lowest BCUT2D eigenvalue weighted by molar-refractivity contribution is 1.28. The molecule has 0 aliphatic carbocycles. The number of rotatable bonds is 8. The Morgan fingerprint density at radius 1 is 0.239 bits per heavy atom. The summed E-state index contributed by atoms with van der Waals surface area (Å²) in [6.07, 6.45) is 0. The monoisotopic (exact) mass is 594 g/mol. The van der Waals surface area contributed by atoms with Gasteiger partial charge in [-0.05, 0) is 119 Å². The van der Waals surface area contributed by atoms with Crippen LogP contribution in [0.2, 0.25) is 0 Å². The highest BCUT2D eigenvalue weighted by molar-refractivity contribution is 5.81. The van der Waals surface area contributed by atoms with E-state index in [1.165, 1.54) is 11.1 Å². The Morgan fingerprint density at radius 3 is 0.739 bits per heavy atom. The van der Waals surface area contributed by atoms with Crippen LogP contribution >= 0.6 is 0 Å².